The average Bonchev–Trinajstić information content (AvgIpc) is 2.28. The fourth-order valence-electron chi connectivity index (χ4n) is 1.75. The average molecular weight is 301 g/mol. The molecular formula is C8H15NO9S. The zero-order valence-corrected chi connectivity index (χ0v) is 10.6. The van der Waals surface area contributed by atoms with Gasteiger partial charge in [-0.05, 0) is 0 Å². The number of aliphatic hydroxyl groups is 3. The first-order chi connectivity index (χ1) is 8.53. The van der Waals surface area contributed by atoms with Crippen molar-refractivity contribution < 1.29 is 42.0 Å². The molecule has 0 amide bonds. The van der Waals surface area contributed by atoms with Crippen LogP contribution in [0.25, 0.3) is 0 Å². The van der Waals surface area contributed by atoms with Crippen molar-refractivity contribution in [2.45, 2.75) is 37.1 Å². The molecule has 1 aliphatic rings. The summed E-state index contributed by atoms with van der Waals surface area (Å²) in [6.45, 7) is 0.0747. The zero-order valence-electron chi connectivity index (χ0n) is 9.83. The summed E-state index contributed by atoms with van der Waals surface area (Å²) in [5.41, 5.74) is 5.43. The molecule has 1 aliphatic heterocycles. The third-order valence-electron chi connectivity index (χ3n) is 2.77. The van der Waals surface area contributed by atoms with E-state index in [0.717, 1.165) is 6.92 Å². The summed E-state index contributed by atoms with van der Waals surface area (Å²) in [6.07, 6.45) is -5.16. The number of nitrogens with two attached hydrogens (primary N) is 1. The molecule has 1 fully saturated rings. The second-order valence-corrected chi connectivity index (χ2v) is 5.14. The van der Waals surface area contributed by atoms with Gasteiger partial charge in [-0.3, -0.25) is 9.35 Å². The molecule has 0 aromatic rings. The summed E-state index contributed by atoms with van der Waals surface area (Å²) in [5.74, 6) is -3.63. The summed E-state index contributed by atoms with van der Waals surface area (Å²) in [4.78, 5) is 11.3. The first kappa shape index (κ1) is 16.4. The van der Waals surface area contributed by atoms with Crippen LogP contribution in [0, 0.1) is 0 Å². The molecule has 0 aromatic carbocycles. The molecular weight excluding hydrogens is 286 g/mol. The number of ketones is 1. The Balaban J connectivity index is 3.15. The smallest absolute Gasteiger partial charge is 0.394 e. The number of carbonyl (C=O) groups is 1. The lowest BCUT2D eigenvalue weighted by molar-refractivity contribution is -0.293. The number of hydrogen-bond acceptors (Lipinski definition) is 9. The molecule has 5 atom stereocenters. The van der Waals surface area contributed by atoms with E-state index in [4.69, 9.17) is 20.1 Å². The van der Waals surface area contributed by atoms with Crippen molar-refractivity contribution in [3.63, 3.8) is 0 Å². The Morgan fingerprint density at radius 3 is 2.42 bits per heavy atom. The molecule has 1 rings (SSSR count). The van der Waals surface area contributed by atoms with Gasteiger partial charge in [0.15, 0.2) is 5.78 Å². The van der Waals surface area contributed by atoms with Gasteiger partial charge in [0, 0.05) is 6.92 Å². The van der Waals surface area contributed by atoms with Gasteiger partial charge in [0.2, 0.25) is 5.79 Å². The van der Waals surface area contributed by atoms with Crippen molar-refractivity contribution >= 4 is 16.2 Å². The summed E-state index contributed by atoms with van der Waals surface area (Å²) in [7, 11) is -5.00. The van der Waals surface area contributed by atoms with E-state index in [1.165, 1.54) is 0 Å². The van der Waals surface area contributed by atoms with Crippen LogP contribution in [0.4, 0.5) is 0 Å². The Bertz CT molecular complexity index is 451. The van der Waals surface area contributed by atoms with E-state index in [-0.39, 0.29) is 0 Å². The third-order valence-corrected chi connectivity index (χ3v) is 3.24. The largest absolute Gasteiger partial charge is 0.397 e. The van der Waals surface area contributed by atoms with Crippen LogP contribution in [0.1, 0.15) is 6.92 Å². The maximum atomic E-state index is 11.3. The Morgan fingerprint density at radius 1 is 1.53 bits per heavy atom. The van der Waals surface area contributed by atoms with Gasteiger partial charge in [0.05, 0.1) is 12.6 Å². The Kier molecular flexibility index (Phi) is 4.64. The highest BCUT2D eigenvalue weighted by Gasteiger charge is 2.56. The van der Waals surface area contributed by atoms with Crippen LogP contribution >= 0.6 is 0 Å². The summed E-state index contributed by atoms with van der Waals surface area (Å²) >= 11 is 0. The van der Waals surface area contributed by atoms with Crippen LogP contribution < -0.4 is 5.73 Å². The number of carbonyl (C=O) groups excluding carboxylic acids is 1. The molecule has 11 heteroatoms. The van der Waals surface area contributed by atoms with E-state index in [1.807, 2.05) is 0 Å². The predicted molar refractivity (Wildman–Crippen MR) is 58.0 cm³/mol. The standard InChI is InChI=1S/C8H15NO9S/c1-3(11)8(13)7(9)6(18-19(14,15)16)5(12)4(2-10)17-8/h4-7,10,12-13H,2,9H2,1H3,(H,14,15,16)/t4-,5+,6+,7-,8?/m1/s1. The molecule has 1 saturated heterocycles. The van der Waals surface area contributed by atoms with Crippen LogP contribution in [0.5, 0.6) is 0 Å². The minimum atomic E-state index is -5.00. The van der Waals surface area contributed by atoms with E-state index >= 15 is 0 Å². The van der Waals surface area contributed by atoms with Crippen LogP contribution in [-0.4, -0.2) is 70.8 Å². The van der Waals surface area contributed by atoms with Gasteiger partial charge in [-0.2, -0.15) is 8.42 Å². The normalized spacial score (nSPS) is 40.1. The monoisotopic (exact) mass is 301 g/mol. The molecule has 1 unspecified atom stereocenters. The molecule has 10 nitrogen and oxygen atoms in total. The minimum absolute atomic E-state index is 0.838. The van der Waals surface area contributed by atoms with Gasteiger partial charge in [0.1, 0.15) is 18.3 Å². The number of aliphatic hydroxyl groups excluding tert-OH is 2. The van der Waals surface area contributed by atoms with Crippen LogP contribution in [-0.2, 0) is 24.1 Å². The Labute approximate surface area is 108 Å². The van der Waals surface area contributed by atoms with E-state index in [1.54, 1.807) is 0 Å². The fourth-order valence-corrected chi connectivity index (χ4v) is 2.26. The third kappa shape index (κ3) is 3.27. The fraction of sp³-hybridized carbons (Fsp3) is 0.875. The van der Waals surface area contributed by atoms with Crippen molar-refractivity contribution in [1.82, 2.24) is 0 Å². The topological polar surface area (TPSA) is 177 Å². The van der Waals surface area contributed by atoms with Crippen molar-refractivity contribution in [1.29, 1.82) is 0 Å². The van der Waals surface area contributed by atoms with E-state index in [2.05, 4.69) is 4.18 Å². The molecule has 6 N–H and O–H groups in total. The highest BCUT2D eigenvalue weighted by atomic mass is 32.3. The minimum Gasteiger partial charge on any atom is -0.394 e. The Morgan fingerprint density at radius 2 is 2.05 bits per heavy atom. The van der Waals surface area contributed by atoms with Gasteiger partial charge in [-0.15, -0.1) is 0 Å². The molecule has 0 aromatic heterocycles. The highest BCUT2D eigenvalue weighted by molar-refractivity contribution is 7.80. The van der Waals surface area contributed by atoms with Gasteiger partial charge in [-0.1, -0.05) is 0 Å². The molecule has 0 saturated carbocycles. The van der Waals surface area contributed by atoms with Crippen LogP contribution in [0.15, 0.2) is 0 Å². The van der Waals surface area contributed by atoms with Crippen LogP contribution in [0.2, 0.25) is 0 Å². The SMILES string of the molecule is CC(=O)C1(O)O[C@H](CO)[C@H](O)[C@H](OS(=O)(=O)O)[C@H]1N. The number of hydrogen-bond donors (Lipinski definition) is 5. The lowest BCUT2D eigenvalue weighted by Gasteiger charge is -2.45. The first-order valence-electron chi connectivity index (χ1n) is 5.14. The van der Waals surface area contributed by atoms with Crippen LogP contribution in [0.3, 0.4) is 0 Å². The second kappa shape index (κ2) is 5.38. The number of Topliss-reactive ketones (excluding diaryl/α,β-unsaturated/α-hetero) is 1. The predicted octanol–water partition coefficient (Wildman–Crippen LogP) is -3.47. The number of ether oxygens (including phenoxy) is 1. The van der Waals surface area contributed by atoms with E-state index < -0.39 is 52.9 Å². The maximum absolute atomic E-state index is 11.3. The lowest BCUT2D eigenvalue weighted by atomic mass is 9.89. The number of rotatable bonds is 4. The van der Waals surface area contributed by atoms with E-state index in [9.17, 15) is 23.4 Å². The first-order valence-corrected chi connectivity index (χ1v) is 6.51. The van der Waals surface area contributed by atoms with Gasteiger partial charge in [0.25, 0.3) is 0 Å². The van der Waals surface area contributed by atoms with Crippen molar-refractivity contribution in [2.75, 3.05) is 6.61 Å². The molecule has 19 heavy (non-hydrogen) atoms. The van der Waals surface area contributed by atoms with Gasteiger partial charge in [-0.25, -0.2) is 4.18 Å². The summed E-state index contributed by atoms with van der Waals surface area (Å²) in [5, 5.41) is 28.6. The van der Waals surface area contributed by atoms with Crippen molar-refractivity contribution in [2.24, 2.45) is 5.73 Å². The zero-order chi connectivity index (χ0) is 15.0. The molecule has 0 aliphatic carbocycles. The van der Waals surface area contributed by atoms with Crippen molar-refractivity contribution in [3.05, 3.63) is 0 Å². The van der Waals surface area contributed by atoms with E-state index in [0.29, 0.717) is 0 Å². The molecule has 0 radical (unpaired) electrons. The summed E-state index contributed by atoms with van der Waals surface area (Å²) in [6, 6.07) is -1.79. The molecule has 112 valence electrons. The highest BCUT2D eigenvalue weighted by Crippen LogP contribution is 2.30. The van der Waals surface area contributed by atoms with Gasteiger partial charge >= 0.3 is 10.4 Å². The molecule has 0 spiro atoms. The Hall–Kier alpha value is -0.660. The maximum Gasteiger partial charge on any atom is 0.397 e. The quantitative estimate of drug-likeness (QED) is 0.328. The second-order valence-electron chi connectivity index (χ2n) is 4.10. The molecule has 1 heterocycles. The van der Waals surface area contributed by atoms with Gasteiger partial charge < -0.3 is 25.8 Å². The van der Waals surface area contributed by atoms with Crippen molar-refractivity contribution in [3.8, 4) is 0 Å². The lowest BCUT2D eigenvalue weighted by Crippen LogP contribution is -2.71. The molecule has 0 bridgehead atoms. The summed E-state index contributed by atoms with van der Waals surface area (Å²) < 4.78 is 38.8.